The number of likely N-dealkylation sites (N-methyl/N-ethyl adjacent to an activating group) is 1. The molecule has 8 aromatic rings. The topological polar surface area (TPSA) is 171 Å². The number of anilines is 3. The number of nitrogens with zero attached hydrogens (tertiary/aromatic N) is 7. The van der Waals surface area contributed by atoms with Gasteiger partial charge in [0, 0.05) is 102 Å². The molecule has 1 aliphatic rings. The zero-order valence-corrected chi connectivity index (χ0v) is 37.1. The number of amides is 1. The molecule has 0 unspecified atom stereocenters. The van der Waals surface area contributed by atoms with Crippen molar-refractivity contribution in [2.45, 2.75) is 13.3 Å². The summed E-state index contributed by atoms with van der Waals surface area (Å²) >= 11 is 5.93. The van der Waals surface area contributed by atoms with Crippen LogP contribution in [0.3, 0.4) is 0 Å². The first kappa shape index (κ1) is 44.5. The van der Waals surface area contributed by atoms with E-state index in [1.54, 1.807) is 66.6 Å². The maximum atomic E-state index is 15.1. The second-order valence-electron chi connectivity index (χ2n) is 15.5. The normalized spacial score (nSPS) is 13.1. The summed E-state index contributed by atoms with van der Waals surface area (Å²) in [5.41, 5.74) is 3.16. The van der Waals surface area contributed by atoms with Crippen LogP contribution in [-0.4, -0.2) is 93.7 Å². The molecule has 14 nitrogen and oxygen atoms in total. The lowest BCUT2D eigenvalue weighted by atomic mass is 10.00. The van der Waals surface area contributed by atoms with Gasteiger partial charge >= 0.3 is 0 Å². The Morgan fingerprint density at radius 3 is 2.32 bits per heavy atom. The minimum absolute atomic E-state index is 0.000297. The molecule has 3 N–H and O–H groups in total. The summed E-state index contributed by atoms with van der Waals surface area (Å²) in [6.07, 6.45) is 10.5. The van der Waals surface area contributed by atoms with E-state index < -0.39 is 38.7 Å². The quantitative estimate of drug-likeness (QED) is 0.107. The van der Waals surface area contributed by atoms with Crippen LogP contribution in [0.4, 0.5) is 26.1 Å². The second-order valence-corrected chi connectivity index (χ2v) is 17.8. The monoisotopic (exact) mass is 916 g/mol. The lowest BCUT2D eigenvalue weighted by Gasteiger charge is -2.33. The van der Waals surface area contributed by atoms with E-state index in [-0.39, 0.29) is 17.2 Å². The number of hydrogen-bond donors (Lipinski definition) is 3. The van der Waals surface area contributed by atoms with Crippen LogP contribution in [0.5, 0.6) is 0 Å². The van der Waals surface area contributed by atoms with Gasteiger partial charge in [-0.2, -0.15) is 5.10 Å². The van der Waals surface area contributed by atoms with E-state index in [0.717, 1.165) is 71.6 Å². The molecule has 65 heavy (non-hydrogen) atoms. The Balaban J connectivity index is 0.000000177. The molecule has 1 fully saturated rings. The van der Waals surface area contributed by atoms with Crippen molar-refractivity contribution in [2.75, 3.05) is 53.9 Å². The van der Waals surface area contributed by atoms with Gasteiger partial charge in [-0.3, -0.25) is 19.0 Å². The Morgan fingerprint density at radius 2 is 1.58 bits per heavy atom. The zero-order chi connectivity index (χ0) is 45.8. The fraction of sp³-hybridized carbons (Fsp3) is 0.191. The molecule has 9 rings (SSSR count). The van der Waals surface area contributed by atoms with Crippen molar-refractivity contribution in [1.82, 2.24) is 34.6 Å². The summed E-state index contributed by atoms with van der Waals surface area (Å²) in [5.74, 6) is -2.42. The van der Waals surface area contributed by atoms with Gasteiger partial charge in [-0.1, -0.05) is 42.8 Å². The first-order chi connectivity index (χ1) is 31.2. The second kappa shape index (κ2) is 18.9. The van der Waals surface area contributed by atoms with Crippen molar-refractivity contribution >= 4 is 72.4 Å². The lowest BCUT2D eigenvalue weighted by molar-refractivity contribution is 0.102. The number of carbonyl (C=O) groups excluding carboxylic acids is 2. The number of sulfonamides is 1. The van der Waals surface area contributed by atoms with Gasteiger partial charge in [-0.25, -0.2) is 32.2 Å². The van der Waals surface area contributed by atoms with Crippen LogP contribution < -0.4 is 14.9 Å². The number of aromatic amines is 1. The summed E-state index contributed by atoms with van der Waals surface area (Å²) in [5, 5.41) is 10.1. The number of rotatable bonds is 11. The largest absolute Gasteiger partial charge is 0.354 e. The summed E-state index contributed by atoms with van der Waals surface area (Å²) < 4.78 is 57.6. The Hall–Kier alpha value is -7.08. The number of nitrogens with one attached hydrogen (secondary N) is 3. The van der Waals surface area contributed by atoms with Crippen molar-refractivity contribution in [3.8, 4) is 22.3 Å². The van der Waals surface area contributed by atoms with E-state index in [4.69, 9.17) is 11.6 Å². The minimum atomic E-state index is -3.84. The van der Waals surface area contributed by atoms with Gasteiger partial charge in [0.2, 0.25) is 15.8 Å². The first-order valence-corrected chi connectivity index (χ1v) is 22.6. The summed E-state index contributed by atoms with van der Waals surface area (Å²) in [6, 6.07) is 22.1. The van der Waals surface area contributed by atoms with Gasteiger partial charge < -0.3 is 20.1 Å². The molecule has 5 aromatic heterocycles. The highest BCUT2D eigenvalue weighted by Gasteiger charge is 2.26. The summed E-state index contributed by atoms with van der Waals surface area (Å²) in [4.78, 5) is 46.6. The average Bonchev–Trinajstić information content (AvgIpc) is 3.94. The fourth-order valence-corrected chi connectivity index (χ4v) is 8.63. The number of ketones is 1. The van der Waals surface area contributed by atoms with Crippen LogP contribution in [0.1, 0.15) is 39.6 Å². The zero-order valence-electron chi connectivity index (χ0n) is 35.5. The van der Waals surface area contributed by atoms with Crippen molar-refractivity contribution in [3.63, 3.8) is 0 Å². The van der Waals surface area contributed by atoms with Gasteiger partial charge in [-0.05, 0) is 84.6 Å². The molecule has 332 valence electrons. The van der Waals surface area contributed by atoms with E-state index >= 15 is 4.39 Å². The number of pyridine rings is 3. The predicted octanol–water partition coefficient (Wildman–Crippen LogP) is 8.58. The number of carbonyl (C=O) groups is 2. The average molecular weight is 917 g/mol. The van der Waals surface area contributed by atoms with Gasteiger partial charge in [0.05, 0.1) is 23.2 Å². The van der Waals surface area contributed by atoms with Crippen LogP contribution in [0.2, 0.25) is 5.02 Å². The number of piperazine rings is 1. The van der Waals surface area contributed by atoms with E-state index in [2.05, 4.69) is 64.1 Å². The van der Waals surface area contributed by atoms with Crippen LogP contribution in [0, 0.1) is 11.6 Å². The van der Waals surface area contributed by atoms with Crippen molar-refractivity contribution in [2.24, 2.45) is 7.05 Å². The maximum Gasteiger partial charge on any atom is 0.257 e. The third-order valence-electron chi connectivity index (χ3n) is 10.8. The van der Waals surface area contributed by atoms with Crippen LogP contribution >= 0.6 is 11.6 Å². The molecule has 0 bridgehead atoms. The van der Waals surface area contributed by atoms with E-state index in [0.29, 0.717) is 39.4 Å². The van der Waals surface area contributed by atoms with Crippen molar-refractivity contribution in [3.05, 3.63) is 149 Å². The Kier molecular flexibility index (Phi) is 13.0. The molecule has 6 heterocycles. The standard InChI is InChI=1S/C24H25N7O.C23H18ClF2N3O3S/c1-29-7-9-31(10-8-29)23-13-18(5-6-25-23)24(32)28-22-12-20-11-17(3-4-19(20)14-26-22)21-15-27-30(2)16-21;1-2-9-33(31,32)29-19-8-7-18(25)20(21(19)26)22(30)17-12-28-23-16(17)10-14(11-27-23)13-3-5-15(24)6-4-13/h3-6,11-16H,7-10H2,1-2H3,(H,26,28,32);3-8,10-12,29H,2,9H2,1H3,(H,27,28). The molecule has 1 aliphatic heterocycles. The molecular weight excluding hydrogens is 874 g/mol. The third kappa shape index (κ3) is 10.2. The van der Waals surface area contributed by atoms with E-state index in [1.165, 1.54) is 6.20 Å². The molecule has 0 saturated carbocycles. The lowest BCUT2D eigenvalue weighted by Crippen LogP contribution is -2.44. The van der Waals surface area contributed by atoms with Gasteiger partial charge in [-0.15, -0.1) is 0 Å². The molecule has 3 aromatic carbocycles. The molecule has 0 radical (unpaired) electrons. The maximum absolute atomic E-state index is 15.1. The number of aryl methyl sites for hydroxylation is 1. The SMILES string of the molecule is CCCS(=O)(=O)Nc1ccc(F)c(C(=O)c2c[nH]c3ncc(-c4ccc(Cl)cc4)cc23)c1F.CN1CCN(c2cc(C(=O)Nc3cc4cc(-c5cnn(C)c5)ccc4cn3)ccn2)CC1. The summed E-state index contributed by atoms with van der Waals surface area (Å²) in [6.45, 7) is 5.43. The minimum Gasteiger partial charge on any atom is -0.354 e. The van der Waals surface area contributed by atoms with Gasteiger partial charge in [0.25, 0.3) is 5.91 Å². The number of benzene rings is 3. The number of halogens is 3. The van der Waals surface area contributed by atoms with Crippen LogP contribution in [0.25, 0.3) is 44.1 Å². The Bertz CT molecular complexity index is 3170. The Morgan fingerprint density at radius 1 is 0.815 bits per heavy atom. The van der Waals surface area contributed by atoms with Gasteiger partial charge in [0.15, 0.2) is 5.82 Å². The molecular formula is C47H43ClF2N10O4S. The highest BCUT2D eigenvalue weighted by Crippen LogP contribution is 2.31. The van der Waals surface area contributed by atoms with Crippen LogP contribution in [-0.2, 0) is 17.1 Å². The van der Waals surface area contributed by atoms with Crippen molar-refractivity contribution in [1.29, 1.82) is 0 Å². The van der Waals surface area contributed by atoms with Gasteiger partial charge in [0.1, 0.15) is 23.1 Å². The number of aromatic nitrogens is 6. The highest BCUT2D eigenvalue weighted by molar-refractivity contribution is 7.92. The molecule has 1 amide bonds. The molecule has 18 heteroatoms. The predicted molar refractivity (Wildman–Crippen MR) is 250 cm³/mol. The number of fused-ring (bicyclic) bond motifs is 2. The first-order valence-electron chi connectivity index (χ1n) is 20.6. The molecule has 0 spiro atoms. The Labute approximate surface area is 378 Å². The third-order valence-corrected chi connectivity index (χ3v) is 12.6. The van der Waals surface area contributed by atoms with E-state index in [9.17, 15) is 22.4 Å². The summed E-state index contributed by atoms with van der Waals surface area (Å²) in [7, 11) is 0.175. The molecule has 0 atom stereocenters. The van der Waals surface area contributed by atoms with E-state index in [1.807, 2.05) is 37.6 Å². The smallest absolute Gasteiger partial charge is 0.257 e. The molecule has 1 saturated heterocycles. The molecule has 0 aliphatic carbocycles. The van der Waals surface area contributed by atoms with Crippen LogP contribution in [0.15, 0.2) is 116 Å². The van der Waals surface area contributed by atoms with Crippen molar-refractivity contribution < 1.29 is 26.8 Å². The highest BCUT2D eigenvalue weighted by atomic mass is 35.5. The number of H-pyrrole nitrogens is 1. The number of hydrogen-bond acceptors (Lipinski definition) is 10. The fourth-order valence-electron chi connectivity index (χ4n) is 7.37.